The highest BCUT2D eigenvalue weighted by Gasteiger charge is 2.31. The van der Waals surface area contributed by atoms with Crippen molar-refractivity contribution in [2.75, 3.05) is 0 Å². The van der Waals surface area contributed by atoms with Gasteiger partial charge in [0.2, 0.25) is 0 Å². The molecule has 0 saturated carbocycles. The molecule has 0 spiro atoms. The lowest BCUT2D eigenvalue weighted by molar-refractivity contribution is -0.138. The Balaban J connectivity index is 2.14. The van der Waals surface area contributed by atoms with Gasteiger partial charge in [0.25, 0.3) is 0 Å². The Morgan fingerprint density at radius 3 is 1.79 bits per heavy atom. The molecule has 0 saturated heterocycles. The molecular formula is C20H10F6N2. The van der Waals surface area contributed by atoms with Gasteiger partial charge >= 0.3 is 12.4 Å². The van der Waals surface area contributed by atoms with Gasteiger partial charge in [-0.3, -0.25) is 0 Å². The first kappa shape index (κ1) is 19.4. The maximum Gasteiger partial charge on any atom is 0.416 e. The van der Waals surface area contributed by atoms with Gasteiger partial charge in [-0.1, -0.05) is 24.3 Å². The van der Waals surface area contributed by atoms with Gasteiger partial charge in [-0.2, -0.15) is 31.6 Å². The number of nitrogens with zero attached hydrogens (tertiary/aromatic N) is 2. The minimum atomic E-state index is -4.57. The topological polar surface area (TPSA) is 36.7 Å². The lowest BCUT2D eigenvalue weighted by atomic mass is 9.97. The molecule has 0 aliphatic heterocycles. The molecule has 142 valence electrons. The van der Waals surface area contributed by atoms with Crippen LogP contribution in [0.3, 0.4) is 0 Å². The largest absolute Gasteiger partial charge is 0.416 e. The first-order valence-electron chi connectivity index (χ1n) is 7.85. The average Bonchev–Trinajstić information content (AvgIpc) is 2.66. The minimum Gasteiger partial charge on any atom is -0.244 e. The van der Waals surface area contributed by atoms with Crippen LogP contribution in [-0.4, -0.2) is 4.98 Å². The van der Waals surface area contributed by atoms with Crippen molar-refractivity contribution in [2.45, 2.75) is 12.4 Å². The van der Waals surface area contributed by atoms with Crippen LogP contribution in [0.5, 0.6) is 0 Å². The third-order valence-corrected chi connectivity index (χ3v) is 4.02. The molecule has 28 heavy (non-hydrogen) atoms. The normalized spacial score (nSPS) is 11.9. The molecule has 0 radical (unpaired) electrons. The number of halogens is 6. The fourth-order valence-electron chi connectivity index (χ4n) is 2.67. The number of benzene rings is 2. The summed E-state index contributed by atoms with van der Waals surface area (Å²) < 4.78 is 77.8. The Labute approximate surface area is 155 Å². The molecule has 2 nitrogen and oxygen atoms in total. The smallest absolute Gasteiger partial charge is 0.244 e. The van der Waals surface area contributed by atoms with Crippen molar-refractivity contribution < 1.29 is 26.3 Å². The van der Waals surface area contributed by atoms with Crippen LogP contribution in [0.1, 0.15) is 16.8 Å². The highest BCUT2D eigenvalue weighted by Crippen LogP contribution is 2.35. The van der Waals surface area contributed by atoms with Crippen LogP contribution in [0.15, 0.2) is 60.8 Å². The maximum absolute atomic E-state index is 13.0. The summed E-state index contributed by atoms with van der Waals surface area (Å²) in [7, 11) is 0. The molecule has 0 fully saturated rings. The molecule has 0 unspecified atom stereocenters. The van der Waals surface area contributed by atoms with Gasteiger partial charge in [0.05, 0.1) is 11.1 Å². The van der Waals surface area contributed by atoms with Crippen LogP contribution in [0.2, 0.25) is 0 Å². The van der Waals surface area contributed by atoms with Gasteiger partial charge in [0, 0.05) is 17.3 Å². The highest BCUT2D eigenvalue weighted by molar-refractivity contribution is 5.76. The molecule has 3 aromatic rings. The number of aromatic nitrogens is 1. The van der Waals surface area contributed by atoms with Crippen LogP contribution < -0.4 is 0 Å². The Hall–Kier alpha value is -3.34. The molecule has 0 aliphatic rings. The zero-order valence-corrected chi connectivity index (χ0v) is 13.9. The number of hydrogen-bond acceptors (Lipinski definition) is 2. The minimum absolute atomic E-state index is 0.0905. The first-order chi connectivity index (χ1) is 13.1. The predicted molar refractivity (Wildman–Crippen MR) is 89.8 cm³/mol. The van der Waals surface area contributed by atoms with Crippen molar-refractivity contribution in [3.8, 4) is 28.3 Å². The number of rotatable bonds is 2. The first-order valence-corrected chi connectivity index (χ1v) is 7.85. The quantitative estimate of drug-likeness (QED) is 0.478. The second kappa shape index (κ2) is 7.00. The monoisotopic (exact) mass is 392 g/mol. The van der Waals surface area contributed by atoms with Crippen LogP contribution in [0.4, 0.5) is 26.3 Å². The summed E-state index contributed by atoms with van der Waals surface area (Å²) in [5.41, 5.74) is -1.28. The Bertz CT molecular complexity index is 1060. The fourth-order valence-corrected chi connectivity index (χ4v) is 2.67. The van der Waals surface area contributed by atoms with E-state index in [1.54, 1.807) is 6.07 Å². The van der Waals surface area contributed by atoms with Gasteiger partial charge in [0.15, 0.2) is 0 Å². The van der Waals surface area contributed by atoms with E-state index in [-0.39, 0.29) is 27.9 Å². The van der Waals surface area contributed by atoms with E-state index in [1.807, 2.05) is 0 Å². The Morgan fingerprint density at radius 2 is 1.25 bits per heavy atom. The summed E-state index contributed by atoms with van der Waals surface area (Å²) in [6.45, 7) is 0. The molecule has 0 amide bonds. The third kappa shape index (κ3) is 3.98. The van der Waals surface area contributed by atoms with Gasteiger partial charge < -0.3 is 0 Å². The van der Waals surface area contributed by atoms with E-state index in [9.17, 15) is 31.6 Å². The maximum atomic E-state index is 13.0. The van der Waals surface area contributed by atoms with E-state index in [4.69, 9.17) is 0 Å². The summed E-state index contributed by atoms with van der Waals surface area (Å²) in [6, 6.07) is 12.0. The van der Waals surface area contributed by atoms with E-state index in [1.165, 1.54) is 36.5 Å². The zero-order chi connectivity index (χ0) is 20.5. The van der Waals surface area contributed by atoms with Gasteiger partial charge in [-0.25, -0.2) is 4.98 Å². The SMILES string of the molecule is N#Cc1ncc(-c2cccc(C(F)(F)F)c2)cc1-c1cccc(C(F)(F)F)c1. The van der Waals surface area contributed by atoms with E-state index in [0.717, 1.165) is 24.3 Å². The molecule has 0 atom stereocenters. The van der Waals surface area contributed by atoms with E-state index in [2.05, 4.69) is 4.98 Å². The van der Waals surface area contributed by atoms with E-state index < -0.39 is 23.5 Å². The number of pyridine rings is 1. The molecule has 8 heteroatoms. The summed E-state index contributed by atoms with van der Waals surface area (Å²) in [4.78, 5) is 3.91. The number of hydrogen-bond donors (Lipinski definition) is 0. The molecule has 1 heterocycles. The zero-order valence-electron chi connectivity index (χ0n) is 13.9. The van der Waals surface area contributed by atoms with Crippen molar-refractivity contribution in [1.29, 1.82) is 5.26 Å². The van der Waals surface area contributed by atoms with Crippen molar-refractivity contribution >= 4 is 0 Å². The van der Waals surface area contributed by atoms with Gasteiger partial charge in [-0.05, 0) is 41.5 Å². The summed E-state index contributed by atoms with van der Waals surface area (Å²) in [5, 5.41) is 9.24. The van der Waals surface area contributed by atoms with Crippen molar-refractivity contribution in [1.82, 2.24) is 4.98 Å². The molecule has 0 bridgehead atoms. The average molecular weight is 392 g/mol. The molecule has 0 aliphatic carbocycles. The van der Waals surface area contributed by atoms with Crippen LogP contribution in [0.25, 0.3) is 22.3 Å². The third-order valence-electron chi connectivity index (χ3n) is 4.02. The fraction of sp³-hybridized carbons (Fsp3) is 0.100. The van der Waals surface area contributed by atoms with Crippen molar-refractivity contribution in [3.05, 3.63) is 77.6 Å². The molecule has 2 aromatic carbocycles. The summed E-state index contributed by atoms with van der Waals surface area (Å²) in [6.07, 6.45) is -7.90. The van der Waals surface area contributed by atoms with Crippen molar-refractivity contribution in [2.24, 2.45) is 0 Å². The van der Waals surface area contributed by atoms with Crippen LogP contribution in [0, 0.1) is 11.3 Å². The van der Waals surface area contributed by atoms with Gasteiger partial charge in [0.1, 0.15) is 11.8 Å². The molecule has 0 N–H and O–H groups in total. The second-order valence-electron chi connectivity index (χ2n) is 5.89. The lowest BCUT2D eigenvalue weighted by Crippen LogP contribution is -2.05. The highest BCUT2D eigenvalue weighted by atomic mass is 19.4. The molecule has 1 aromatic heterocycles. The lowest BCUT2D eigenvalue weighted by Gasteiger charge is -2.12. The van der Waals surface area contributed by atoms with E-state index >= 15 is 0 Å². The predicted octanol–water partition coefficient (Wildman–Crippen LogP) is 6.32. The Morgan fingerprint density at radius 1 is 0.714 bits per heavy atom. The summed E-state index contributed by atoms with van der Waals surface area (Å²) >= 11 is 0. The van der Waals surface area contributed by atoms with E-state index in [0.29, 0.717) is 0 Å². The number of nitriles is 1. The van der Waals surface area contributed by atoms with Crippen molar-refractivity contribution in [3.63, 3.8) is 0 Å². The molecule has 3 rings (SSSR count). The van der Waals surface area contributed by atoms with Crippen LogP contribution in [-0.2, 0) is 12.4 Å². The number of alkyl halides is 6. The molecular weight excluding hydrogens is 382 g/mol. The van der Waals surface area contributed by atoms with Gasteiger partial charge in [-0.15, -0.1) is 0 Å². The standard InChI is InChI=1S/C20H10F6N2/c21-19(22,23)15-5-1-3-12(7-15)14-9-17(18(10-27)28-11-14)13-4-2-6-16(8-13)20(24,25)26/h1-9,11H. The Kier molecular flexibility index (Phi) is 4.86. The van der Waals surface area contributed by atoms with Crippen LogP contribution >= 0.6 is 0 Å². The summed E-state index contributed by atoms with van der Waals surface area (Å²) in [5.74, 6) is 0. The second-order valence-corrected chi connectivity index (χ2v) is 5.89.